The molecule has 0 aliphatic carbocycles. The number of rotatable bonds is 6. The van der Waals surface area contributed by atoms with Gasteiger partial charge in [0.25, 0.3) is 0 Å². The highest BCUT2D eigenvalue weighted by Crippen LogP contribution is 2.26. The SMILES string of the molecule is Cn1c(=O)n(CC(C)(C)C)c2ccc(OCc3cccc(-c4cc(F)cc(C(=O)O)c4)c3)cc21. The summed E-state index contributed by atoms with van der Waals surface area (Å²) >= 11 is 0. The zero-order valence-electron chi connectivity index (χ0n) is 19.6. The number of aromatic carboxylic acids is 1. The lowest BCUT2D eigenvalue weighted by molar-refractivity contribution is 0.0696. The standard InChI is InChI=1S/C27H27FN2O4/c1-27(2,3)16-30-23-9-8-22(14-24(23)29(4)26(30)33)34-15-17-6-5-7-18(10-17)19-11-20(25(31)32)13-21(28)12-19/h5-14H,15-16H2,1-4H3,(H,31,32). The summed E-state index contributed by atoms with van der Waals surface area (Å²) in [6.45, 7) is 7.15. The molecule has 1 heterocycles. The average Bonchev–Trinajstić information content (AvgIpc) is 3.00. The molecule has 34 heavy (non-hydrogen) atoms. The lowest BCUT2D eigenvalue weighted by atomic mass is 9.97. The molecule has 0 fully saturated rings. The number of imidazole rings is 1. The quantitative estimate of drug-likeness (QED) is 0.412. The van der Waals surface area contributed by atoms with Crippen molar-refractivity contribution in [1.29, 1.82) is 0 Å². The second-order valence-corrected chi connectivity index (χ2v) is 9.66. The number of ether oxygens (including phenoxy) is 1. The number of aryl methyl sites for hydroxylation is 1. The van der Waals surface area contributed by atoms with Crippen LogP contribution in [-0.4, -0.2) is 20.2 Å². The van der Waals surface area contributed by atoms with Gasteiger partial charge in [0.15, 0.2) is 0 Å². The van der Waals surface area contributed by atoms with Crippen LogP contribution in [0.2, 0.25) is 0 Å². The van der Waals surface area contributed by atoms with E-state index in [1.165, 1.54) is 12.1 Å². The van der Waals surface area contributed by atoms with Gasteiger partial charge in [0, 0.05) is 19.7 Å². The van der Waals surface area contributed by atoms with Gasteiger partial charge in [-0.05, 0) is 58.5 Å². The molecule has 0 spiro atoms. The van der Waals surface area contributed by atoms with E-state index in [0.717, 1.165) is 22.7 Å². The second-order valence-electron chi connectivity index (χ2n) is 9.66. The Bertz CT molecular complexity index is 1440. The molecule has 0 saturated heterocycles. The lowest BCUT2D eigenvalue weighted by Crippen LogP contribution is -2.27. The number of aromatic nitrogens is 2. The molecular formula is C27H27FN2O4. The first-order valence-electron chi connectivity index (χ1n) is 11.0. The van der Waals surface area contributed by atoms with Gasteiger partial charge >= 0.3 is 11.7 Å². The zero-order chi connectivity index (χ0) is 24.6. The van der Waals surface area contributed by atoms with E-state index in [0.29, 0.717) is 23.4 Å². The molecule has 176 valence electrons. The average molecular weight is 463 g/mol. The molecule has 1 N–H and O–H groups in total. The highest BCUT2D eigenvalue weighted by Gasteiger charge is 2.18. The predicted molar refractivity (Wildman–Crippen MR) is 130 cm³/mol. The summed E-state index contributed by atoms with van der Waals surface area (Å²) in [5, 5.41) is 9.20. The topological polar surface area (TPSA) is 73.5 Å². The molecule has 7 heteroatoms. The first kappa shape index (κ1) is 23.3. The summed E-state index contributed by atoms with van der Waals surface area (Å²) < 4.78 is 23.3. The van der Waals surface area contributed by atoms with E-state index >= 15 is 0 Å². The number of hydrogen-bond acceptors (Lipinski definition) is 3. The summed E-state index contributed by atoms with van der Waals surface area (Å²) in [6.07, 6.45) is 0. The molecular weight excluding hydrogens is 435 g/mol. The van der Waals surface area contributed by atoms with Crippen molar-refractivity contribution in [2.24, 2.45) is 12.5 Å². The lowest BCUT2D eigenvalue weighted by Gasteiger charge is -2.18. The van der Waals surface area contributed by atoms with Crippen molar-refractivity contribution in [3.63, 3.8) is 0 Å². The van der Waals surface area contributed by atoms with Gasteiger partial charge in [-0.25, -0.2) is 14.0 Å². The molecule has 4 rings (SSSR count). The first-order chi connectivity index (χ1) is 16.0. The van der Waals surface area contributed by atoms with E-state index in [9.17, 15) is 19.1 Å². The molecule has 0 bridgehead atoms. The van der Waals surface area contributed by atoms with Crippen LogP contribution < -0.4 is 10.4 Å². The Morgan fingerprint density at radius 1 is 1.00 bits per heavy atom. The van der Waals surface area contributed by atoms with Crippen molar-refractivity contribution in [1.82, 2.24) is 9.13 Å². The van der Waals surface area contributed by atoms with Gasteiger partial charge in [0.1, 0.15) is 18.2 Å². The number of benzene rings is 3. The smallest absolute Gasteiger partial charge is 0.335 e. The molecule has 0 amide bonds. The number of carboxylic acids is 1. The maximum atomic E-state index is 13.9. The molecule has 4 aromatic rings. The first-order valence-corrected chi connectivity index (χ1v) is 11.0. The number of halogens is 1. The monoisotopic (exact) mass is 462 g/mol. The normalized spacial score (nSPS) is 11.7. The summed E-state index contributed by atoms with van der Waals surface area (Å²) in [7, 11) is 1.75. The molecule has 6 nitrogen and oxygen atoms in total. The van der Waals surface area contributed by atoms with E-state index in [-0.39, 0.29) is 23.3 Å². The van der Waals surface area contributed by atoms with E-state index in [2.05, 4.69) is 20.8 Å². The minimum Gasteiger partial charge on any atom is -0.489 e. The summed E-state index contributed by atoms with van der Waals surface area (Å²) in [5.41, 5.74) is 3.47. The van der Waals surface area contributed by atoms with Crippen molar-refractivity contribution in [2.45, 2.75) is 33.9 Å². The zero-order valence-corrected chi connectivity index (χ0v) is 19.6. The van der Waals surface area contributed by atoms with Gasteiger partial charge in [0.2, 0.25) is 0 Å². The van der Waals surface area contributed by atoms with Gasteiger partial charge in [-0.1, -0.05) is 39.0 Å². The fraction of sp³-hybridized carbons (Fsp3) is 0.259. The van der Waals surface area contributed by atoms with Crippen molar-refractivity contribution in [3.05, 3.63) is 88.1 Å². The van der Waals surface area contributed by atoms with Gasteiger partial charge in [-0.15, -0.1) is 0 Å². The van der Waals surface area contributed by atoms with Crippen molar-refractivity contribution >= 4 is 17.0 Å². The Balaban J connectivity index is 1.58. The minimum atomic E-state index is -1.18. The van der Waals surface area contributed by atoms with Crippen LogP contribution in [0.3, 0.4) is 0 Å². The van der Waals surface area contributed by atoms with Crippen LogP contribution in [0.15, 0.2) is 65.5 Å². The van der Waals surface area contributed by atoms with Gasteiger partial charge in [-0.3, -0.25) is 9.13 Å². The van der Waals surface area contributed by atoms with Crippen molar-refractivity contribution in [3.8, 4) is 16.9 Å². The van der Waals surface area contributed by atoms with E-state index in [1.54, 1.807) is 22.2 Å². The van der Waals surface area contributed by atoms with Gasteiger partial charge < -0.3 is 9.84 Å². The largest absolute Gasteiger partial charge is 0.489 e. The summed E-state index contributed by atoms with van der Waals surface area (Å²) in [5.74, 6) is -1.16. The molecule has 0 atom stereocenters. The van der Waals surface area contributed by atoms with Crippen LogP contribution in [0.4, 0.5) is 4.39 Å². The third-order valence-corrected chi connectivity index (χ3v) is 5.56. The predicted octanol–water partition coefficient (Wildman–Crippen LogP) is 5.47. The Hall–Kier alpha value is -3.87. The number of hydrogen-bond donors (Lipinski definition) is 1. The third kappa shape index (κ3) is 4.88. The van der Waals surface area contributed by atoms with Crippen LogP contribution >= 0.6 is 0 Å². The number of carboxylic acid groups (broad SMARTS) is 1. The Morgan fingerprint density at radius 2 is 1.76 bits per heavy atom. The molecule has 1 aromatic heterocycles. The van der Waals surface area contributed by atoms with Crippen LogP contribution in [0.1, 0.15) is 36.7 Å². The van der Waals surface area contributed by atoms with E-state index in [4.69, 9.17) is 4.74 Å². The Labute approximate surface area is 196 Å². The highest BCUT2D eigenvalue weighted by molar-refractivity contribution is 5.89. The fourth-order valence-corrected chi connectivity index (χ4v) is 3.99. The Morgan fingerprint density at radius 3 is 2.47 bits per heavy atom. The van der Waals surface area contributed by atoms with Crippen LogP contribution in [-0.2, 0) is 20.2 Å². The van der Waals surface area contributed by atoms with Crippen LogP contribution in [0.5, 0.6) is 5.75 Å². The van der Waals surface area contributed by atoms with Crippen molar-refractivity contribution in [2.75, 3.05) is 0 Å². The number of nitrogens with zero attached hydrogens (tertiary/aromatic N) is 2. The van der Waals surface area contributed by atoms with Gasteiger partial charge in [0.05, 0.1) is 16.6 Å². The Kier molecular flexibility index (Phi) is 6.04. The maximum Gasteiger partial charge on any atom is 0.335 e. The minimum absolute atomic E-state index is 0.0365. The fourth-order valence-electron chi connectivity index (χ4n) is 3.99. The molecule has 3 aromatic carbocycles. The second kappa shape index (κ2) is 8.82. The maximum absolute atomic E-state index is 13.9. The van der Waals surface area contributed by atoms with E-state index < -0.39 is 11.8 Å². The molecule has 0 saturated carbocycles. The highest BCUT2D eigenvalue weighted by atomic mass is 19.1. The molecule has 0 aliphatic rings. The number of fused-ring (bicyclic) bond motifs is 1. The summed E-state index contributed by atoms with van der Waals surface area (Å²) in [6, 6.07) is 16.7. The van der Waals surface area contributed by atoms with E-state index in [1.807, 2.05) is 36.4 Å². The van der Waals surface area contributed by atoms with Crippen LogP contribution in [0.25, 0.3) is 22.2 Å². The van der Waals surface area contributed by atoms with Gasteiger partial charge in [-0.2, -0.15) is 0 Å². The summed E-state index contributed by atoms with van der Waals surface area (Å²) in [4.78, 5) is 24.0. The third-order valence-electron chi connectivity index (χ3n) is 5.56. The van der Waals surface area contributed by atoms with Crippen LogP contribution in [0, 0.1) is 11.2 Å². The number of carbonyl (C=O) groups is 1. The van der Waals surface area contributed by atoms with Crippen molar-refractivity contribution < 1.29 is 19.0 Å². The molecule has 0 unspecified atom stereocenters. The molecule has 0 radical (unpaired) electrons. The molecule has 0 aliphatic heterocycles.